The monoisotopic (exact) mass is 388 g/mol. The van der Waals surface area contributed by atoms with E-state index in [0.717, 1.165) is 9.80 Å². The van der Waals surface area contributed by atoms with Crippen molar-refractivity contribution in [1.82, 2.24) is 9.80 Å². The summed E-state index contributed by atoms with van der Waals surface area (Å²) in [5.74, 6) is -1.22. The van der Waals surface area contributed by atoms with E-state index in [1.165, 1.54) is 25.9 Å². The molecule has 1 aromatic carbocycles. The Bertz CT molecular complexity index is 733. The molecule has 0 aliphatic carbocycles. The van der Waals surface area contributed by atoms with E-state index in [4.69, 9.17) is 23.2 Å². The predicted molar refractivity (Wildman–Crippen MR) is 91.0 cm³/mol. The summed E-state index contributed by atoms with van der Waals surface area (Å²) >= 11 is 13.3. The Labute approximate surface area is 152 Å². The van der Waals surface area contributed by atoms with Gasteiger partial charge in [-0.15, -0.1) is 11.8 Å². The number of urea groups is 1. The molecule has 0 aromatic heterocycles. The van der Waals surface area contributed by atoms with Crippen LogP contribution < -0.4 is 0 Å². The van der Waals surface area contributed by atoms with Crippen LogP contribution in [0.3, 0.4) is 0 Å². The van der Waals surface area contributed by atoms with Crippen molar-refractivity contribution in [2.75, 3.05) is 19.8 Å². The molecule has 2 heterocycles. The van der Waals surface area contributed by atoms with Gasteiger partial charge in [0.25, 0.3) is 0 Å². The Kier molecular flexibility index (Phi) is 4.32. The summed E-state index contributed by atoms with van der Waals surface area (Å²) in [7, 11) is 2.61. The molecule has 2 atom stereocenters. The molecule has 1 N–H and O–H groups in total. The van der Waals surface area contributed by atoms with Crippen molar-refractivity contribution >= 4 is 52.8 Å². The van der Waals surface area contributed by atoms with E-state index < -0.39 is 34.6 Å². The average molecular weight is 389 g/mol. The topological polar surface area (TPSA) is 77.9 Å². The normalized spacial score (nSPS) is 26.6. The second-order valence-corrected chi connectivity index (χ2v) is 7.74. The van der Waals surface area contributed by atoms with Crippen LogP contribution in [0, 0.1) is 5.41 Å². The Morgan fingerprint density at radius 1 is 1.12 bits per heavy atom. The zero-order valence-electron chi connectivity index (χ0n) is 12.8. The number of barbiturate groups is 1. The molecule has 6 nitrogen and oxygen atoms in total. The van der Waals surface area contributed by atoms with Gasteiger partial charge in [0.2, 0.25) is 11.8 Å². The summed E-state index contributed by atoms with van der Waals surface area (Å²) in [6, 6.07) is 4.11. The molecule has 0 radical (unpaired) electrons. The van der Waals surface area contributed by atoms with Crippen molar-refractivity contribution < 1.29 is 19.5 Å². The Morgan fingerprint density at radius 2 is 1.71 bits per heavy atom. The van der Waals surface area contributed by atoms with Crippen molar-refractivity contribution in [1.29, 1.82) is 0 Å². The van der Waals surface area contributed by atoms with E-state index in [0.29, 0.717) is 15.6 Å². The Balaban J connectivity index is 2.17. The van der Waals surface area contributed by atoms with Crippen LogP contribution in [0.15, 0.2) is 18.2 Å². The highest BCUT2D eigenvalue weighted by atomic mass is 35.5. The summed E-state index contributed by atoms with van der Waals surface area (Å²) in [6.45, 7) is 0. The summed E-state index contributed by atoms with van der Waals surface area (Å²) < 4.78 is 0. The first kappa shape index (κ1) is 17.5. The van der Waals surface area contributed by atoms with E-state index in [-0.39, 0.29) is 5.75 Å². The molecular formula is C15H14Cl2N2O4S. The SMILES string of the molecule is CN1C(=O)N(C)C(=O)C2(C1=O)C(O)CSC2c1ccc(Cl)c(Cl)c1. The lowest BCUT2D eigenvalue weighted by Crippen LogP contribution is -2.67. The van der Waals surface area contributed by atoms with Crippen LogP contribution in [0.4, 0.5) is 4.79 Å². The van der Waals surface area contributed by atoms with Crippen LogP contribution in [0.1, 0.15) is 10.8 Å². The quantitative estimate of drug-likeness (QED) is 0.745. The molecule has 0 bridgehead atoms. The van der Waals surface area contributed by atoms with Crippen LogP contribution in [-0.4, -0.2) is 58.7 Å². The number of imide groups is 2. The van der Waals surface area contributed by atoms with Crippen molar-refractivity contribution in [3.8, 4) is 0 Å². The zero-order valence-corrected chi connectivity index (χ0v) is 15.2. The van der Waals surface area contributed by atoms with Gasteiger partial charge in [-0.1, -0.05) is 29.3 Å². The fraction of sp³-hybridized carbons (Fsp3) is 0.400. The molecule has 24 heavy (non-hydrogen) atoms. The number of benzene rings is 1. The number of halogens is 2. The first-order valence-electron chi connectivity index (χ1n) is 7.07. The summed E-state index contributed by atoms with van der Waals surface area (Å²) in [5, 5.41) is 10.5. The number of amides is 4. The highest BCUT2D eigenvalue weighted by Crippen LogP contribution is 2.56. The number of hydrogen-bond acceptors (Lipinski definition) is 5. The number of carbonyl (C=O) groups excluding carboxylic acids is 3. The lowest BCUT2D eigenvalue weighted by molar-refractivity contribution is -0.163. The average Bonchev–Trinajstić information content (AvgIpc) is 2.90. The van der Waals surface area contributed by atoms with Crippen molar-refractivity contribution in [2.24, 2.45) is 5.41 Å². The molecule has 4 amide bonds. The summed E-state index contributed by atoms with van der Waals surface area (Å²) in [6.07, 6.45) is -1.21. The molecule has 1 aromatic rings. The minimum absolute atomic E-state index is 0.193. The molecule has 2 fully saturated rings. The molecular weight excluding hydrogens is 375 g/mol. The highest BCUT2D eigenvalue weighted by Gasteiger charge is 2.67. The van der Waals surface area contributed by atoms with Crippen LogP contribution in [0.25, 0.3) is 0 Å². The minimum atomic E-state index is -1.75. The van der Waals surface area contributed by atoms with Gasteiger partial charge >= 0.3 is 6.03 Å². The van der Waals surface area contributed by atoms with Crippen LogP contribution >= 0.6 is 35.0 Å². The molecule has 1 spiro atoms. The fourth-order valence-corrected chi connectivity index (χ4v) is 5.12. The second-order valence-electron chi connectivity index (χ2n) is 5.78. The fourth-order valence-electron chi connectivity index (χ4n) is 3.21. The Morgan fingerprint density at radius 3 is 2.25 bits per heavy atom. The minimum Gasteiger partial charge on any atom is -0.391 e. The number of hydrogen-bond donors (Lipinski definition) is 1. The first-order chi connectivity index (χ1) is 11.2. The maximum atomic E-state index is 12.9. The standard InChI is InChI=1S/C15H14Cl2N2O4S/c1-18-12(21)15(13(22)19(2)14(18)23)10(20)6-24-11(15)7-3-4-8(16)9(17)5-7/h3-5,10-11,20H,6H2,1-2H3. The van der Waals surface area contributed by atoms with Gasteiger partial charge in [0.1, 0.15) is 0 Å². The van der Waals surface area contributed by atoms with Gasteiger partial charge in [0, 0.05) is 19.8 Å². The summed E-state index contributed by atoms with van der Waals surface area (Å²) in [5.41, 5.74) is -1.15. The van der Waals surface area contributed by atoms with Crippen LogP contribution in [-0.2, 0) is 9.59 Å². The van der Waals surface area contributed by atoms with E-state index in [2.05, 4.69) is 0 Å². The van der Waals surface area contributed by atoms with Crippen LogP contribution in [0.5, 0.6) is 0 Å². The highest BCUT2D eigenvalue weighted by molar-refractivity contribution is 8.00. The molecule has 0 saturated carbocycles. The maximum Gasteiger partial charge on any atom is 0.332 e. The molecule has 3 rings (SSSR count). The number of carbonyl (C=O) groups is 3. The van der Waals surface area contributed by atoms with Gasteiger partial charge in [-0.3, -0.25) is 19.4 Å². The molecule has 9 heteroatoms. The van der Waals surface area contributed by atoms with Crippen molar-refractivity contribution in [2.45, 2.75) is 11.4 Å². The molecule has 2 aliphatic heterocycles. The third-order valence-electron chi connectivity index (χ3n) is 4.50. The smallest absolute Gasteiger partial charge is 0.332 e. The molecule has 128 valence electrons. The number of thioether (sulfide) groups is 1. The third-order valence-corrected chi connectivity index (χ3v) is 6.72. The number of aliphatic hydroxyl groups excluding tert-OH is 1. The number of nitrogens with zero attached hydrogens (tertiary/aromatic N) is 2. The van der Waals surface area contributed by atoms with Crippen molar-refractivity contribution in [3.63, 3.8) is 0 Å². The second kappa shape index (κ2) is 5.91. The third kappa shape index (κ3) is 2.19. The van der Waals surface area contributed by atoms with Gasteiger partial charge in [-0.05, 0) is 17.7 Å². The molecule has 2 aliphatic rings. The summed E-state index contributed by atoms with van der Waals surface area (Å²) in [4.78, 5) is 39.5. The van der Waals surface area contributed by atoms with Gasteiger partial charge in [-0.25, -0.2) is 4.79 Å². The number of rotatable bonds is 1. The van der Waals surface area contributed by atoms with Crippen molar-refractivity contribution in [3.05, 3.63) is 33.8 Å². The molecule has 2 unspecified atom stereocenters. The first-order valence-corrected chi connectivity index (χ1v) is 8.88. The maximum absolute atomic E-state index is 12.9. The predicted octanol–water partition coefficient (Wildman–Crippen LogP) is 2.18. The lowest BCUT2D eigenvalue weighted by Gasteiger charge is -2.43. The van der Waals surface area contributed by atoms with Crippen LogP contribution in [0.2, 0.25) is 10.0 Å². The zero-order chi connectivity index (χ0) is 17.8. The van der Waals surface area contributed by atoms with E-state index in [1.54, 1.807) is 18.2 Å². The van der Waals surface area contributed by atoms with E-state index >= 15 is 0 Å². The lowest BCUT2D eigenvalue weighted by atomic mass is 9.73. The van der Waals surface area contributed by atoms with Gasteiger partial charge in [0.15, 0.2) is 5.41 Å². The molecule has 2 saturated heterocycles. The van der Waals surface area contributed by atoms with E-state index in [9.17, 15) is 19.5 Å². The van der Waals surface area contributed by atoms with Gasteiger partial charge in [0.05, 0.1) is 21.4 Å². The van der Waals surface area contributed by atoms with Gasteiger partial charge < -0.3 is 5.11 Å². The number of aliphatic hydroxyl groups is 1. The van der Waals surface area contributed by atoms with Gasteiger partial charge in [-0.2, -0.15) is 0 Å². The van der Waals surface area contributed by atoms with E-state index in [1.807, 2.05) is 0 Å². The Hall–Kier alpha value is -1.28. The largest absolute Gasteiger partial charge is 0.391 e.